The number of nitrogens with zero attached hydrogens (tertiary/aromatic N) is 2. The largest absolute Gasteiger partial charge is 0.309 e. The monoisotopic (exact) mass is 862 g/mol. The quantitative estimate of drug-likeness (QED) is 0.158. The maximum atomic E-state index is 2.51. The maximum Gasteiger partial charge on any atom is 0.0625 e. The number of para-hydroxylation sites is 2. The van der Waals surface area contributed by atoms with Crippen LogP contribution in [0, 0.1) is 0 Å². The second-order valence-electron chi connectivity index (χ2n) is 18.0. The van der Waals surface area contributed by atoms with Gasteiger partial charge < -0.3 is 9.13 Å². The predicted molar refractivity (Wildman–Crippen MR) is 289 cm³/mol. The Balaban J connectivity index is 1.02. The zero-order valence-electron chi connectivity index (χ0n) is 37.1. The van der Waals surface area contributed by atoms with Gasteiger partial charge in [-0.2, -0.15) is 0 Å². The molecule has 0 aliphatic carbocycles. The van der Waals surface area contributed by atoms with Crippen LogP contribution in [0.1, 0.15) is 0 Å². The molecule has 0 unspecified atom stereocenters. The smallest absolute Gasteiger partial charge is 0.0625 e. The molecule has 0 aliphatic rings. The lowest BCUT2D eigenvalue weighted by Gasteiger charge is -2.18. The van der Waals surface area contributed by atoms with Gasteiger partial charge in [0.1, 0.15) is 0 Å². The molecule has 0 saturated carbocycles. The van der Waals surface area contributed by atoms with Crippen molar-refractivity contribution in [3.8, 4) is 56.1 Å². The summed E-state index contributed by atoms with van der Waals surface area (Å²) < 4.78 is 5.02. The van der Waals surface area contributed by atoms with Crippen molar-refractivity contribution in [1.82, 2.24) is 9.13 Å². The van der Waals surface area contributed by atoms with Crippen LogP contribution in [-0.4, -0.2) is 9.13 Å². The summed E-state index contributed by atoms with van der Waals surface area (Å²) in [5.74, 6) is 0. The fraction of sp³-hybridized carbons (Fsp3) is 0. The minimum atomic E-state index is 1.12. The number of fused-ring (bicyclic) bond motifs is 7. The third-order valence-electron chi connectivity index (χ3n) is 14.3. The van der Waals surface area contributed by atoms with E-state index in [1.807, 2.05) is 0 Å². The SMILES string of the molecule is c1ccc2c(-c3c(-c4cccc5ccccc45)n(-c4ccc5cc(-n6c(-c7cccc8ccccc78)c(-c7cccc8ccccc78)c7ccccc76)ccc5c4)c4ccccc34)cccc2c1. The molecular weight excluding hydrogens is 821 g/mol. The fourth-order valence-corrected chi connectivity index (χ4v) is 11.3. The van der Waals surface area contributed by atoms with Crippen LogP contribution < -0.4 is 0 Å². The van der Waals surface area contributed by atoms with E-state index in [1.54, 1.807) is 0 Å². The summed E-state index contributed by atoms with van der Waals surface area (Å²) in [5.41, 5.74) is 14.3. The van der Waals surface area contributed by atoms with Crippen LogP contribution in [0.5, 0.6) is 0 Å². The average molecular weight is 863 g/mol. The third kappa shape index (κ3) is 5.84. The van der Waals surface area contributed by atoms with Crippen LogP contribution in [0.4, 0.5) is 0 Å². The van der Waals surface area contributed by atoms with E-state index < -0.39 is 0 Å². The summed E-state index contributed by atoms with van der Waals surface area (Å²) in [6.07, 6.45) is 0. The van der Waals surface area contributed by atoms with Crippen molar-refractivity contribution in [2.45, 2.75) is 0 Å². The second-order valence-corrected chi connectivity index (χ2v) is 18.0. The molecule has 14 rings (SSSR count). The standard InChI is InChI=1S/C66H42N2/c1-5-25-51-43(17-1)21-13-31-55(51)63-59-29-9-11-35-61(59)67(65(63)57-33-15-23-45-19-3-7-27-53(45)57)49-39-37-48-42-50(40-38-47(48)41-49)68-62-36-12-10-30-60(62)64(56-32-14-22-44-18-2-6-26-52(44)56)66(68)58-34-16-24-46-20-4-8-28-54(46)58/h1-42H. The van der Waals surface area contributed by atoms with E-state index in [0.29, 0.717) is 0 Å². The lowest BCUT2D eigenvalue weighted by atomic mass is 9.92. The van der Waals surface area contributed by atoms with Crippen molar-refractivity contribution in [2.75, 3.05) is 0 Å². The molecule has 2 heteroatoms. The van der Waals surface area contributed by atoms with Crippen molar-refractivity contribution >= 4 is 75.7 Å². The maximum absolute atomic E-state index is 2.51. The predicted octanol–water partition coefficient (Wildman–Crippen LogP) is 18.0. The summed E-state index contributed by atoms with van der Waals surface area (Å²) in [7, 11) is 0. The lowest BCUT2D eigenvalue weighted by molar-refractivity contribution is 1.14. The molecule has 0 spiro atoms. The first-order valence-corrected chi connectivity index (χ1v) is 23.5. The molecule has 0 atom stereocenters. The first-order valence-electron chi connectivity index (χ1n) is 23.5. The highest BCUT2D eigenvalue weighted by atomic mass is 15.0. The fourth-order valence-electron chi connectivity index (χ4n) is 11.3. The van der Waals surface area contributed by atoms with Gasteiger partial charge in [-0.15, -0.1) is 0 Å². The first-order chi connectivity index (χ1) is 33.8. The van der Waals surface area contributed by atoms with Crippen LogP contribution >= 0.6 is 0 Å². The number of aromatic nitrogens is 2. The molecule has 0 fully saturated rings. The van der Waals surface area contributed by atoms with Gasteiger partial charge in [-0.25, -0.2) is 0 Å². The van der Waals surface area contributed by atoms with Gasteiger partial charge in [-0.1, -0.05) is 218 Å². The Bertz CT molecular complexity index is 4030. The molecule has 2 heterocycles. The zero-order valence-corrected chi connectivity index (χ0v) is 37.1. The van der Waals surface area contributed by atoms with Gasteiger partial charge in [0.25, 0.3) is 0 Å². The molecule has 0 bridgehead atoms. The Morgan fingerprint density at radius 3 is 0.882 bits per heavy atom. The van der Waals surface area contributed by atoms with E-state index >= 15 is 0 Å². The van der Waals surface area contributed by atoms with Crippen LogP contribution in [0.25, 0.3) is 132 Å². The van der Waals surface area contributed by atoms with Crippen LogP contribution in [0.15, 0.2) is 255 Å². The Morgan fingerprint density at radius 2 is 0.500 bits per heavy atom. The molecule has 0 saturated heterocycles. The van der Waals surface area contributed by atoms with E-state index in [-0.39, 0.29) is 0 Å². The van der Waals surface area contributed by atoms with E-state index in [0.717, 1.165) is 11.4 Å². The molecule has 0 aliphatic heterocycles. The lowest BCUT2D eigenvalue weighted by Crippen LogP contribution is -2.00. The van der Waals surface area contributed by atoms with Crippen molar-refractivity contribution in [3.63, 3.8) is 0 Å². The van der Waals surface area contributed by atoms with Crippen molar-refractivity contribution in [2.24, 2.45) is 0 Å². The van der Waals surface area contributed by atoms with E-state index in [4.69, 9.17) is 0 Å². The minimum Gasteiger partial charge on any atom is -0.309 e. The molecule has 0 N–H and O–H groups in total. The molecule has 68 heavy (non-hydrogen) atoms. The Morgan fingerprint density at radius 1 is 0.206 bits per heavy atom. The van der Waals surface area contributed by atoms with Crippen molar-refractivity contribution in [3.05, 3.63) is 255 Å². The van der Waals surface area contributed by atoms with Gasteiger partial charge in [-0.3, -0.25) is 0 Å². The van der Waals surface area contributed by atoms with Crippen LogP contribution in [0.2, 0.25) is 0 Å². The summed E-state index contributed by atoms with van der Waals surface area (Å²) in [4.78, 5) is 0. The first kappa shape index (κ1) is 38.3. The minimum absolute atomic E-state index is 1.12. The molecule has 316 valence electrons. The Hall–Kier alpha value is -8.98. The molecule has 14 aromatic rings. The highest BCUT2D eigenvalue weighted by Crippen LogP contribution is 2.49. The number of hydrogen-bond acceptors (Lipinski definition) is 0. The van der Waals surface area contributed by atoms with Crippen molar-refractivity contribution in [1.29, 1.82) is 0 Å². The Kier molecular flexibility index (Phi) is 8.62. The zero-order chi connectivity index (χ0) is 44.7. The average Bonchev–Trinajstić information content (AvgIpc) is 3.93. The molecule has 12 aromatic carbocycles. The molecule has 2 aromatic heterocycles. The van der Waals surface area contributed by atoms with Crippen LogP contribution in [-0.2, 0) is 0 Å². The number of hydrogen-bond donors (Lipinski definition) is 0. The van der Waals surface area contributed by atoms with E-state index in [2.05, 4.69) is 264 Å². The summed E-state index contributed by atoms with van der Waals surface area (Å²) in [5, 5.41) is 14.7. The summed E-state index contributed by atoms with van der Waals surface area (Å²) in [6, 6.07) is 94.0. The molecule has 0 amide bonds. The normalized spacial score (nSPS) is 11.8. The van der Waals surface area contributed by atoms with Gasteiger partial charge in [0.05, 0.1) is 22.4 Å². The van der Waals surface area contributed by atoms with Crippen molar-refractivity contribution < 1.29 is 0 Å². The third-order valence-corrected chi connectivity index (χ3v) is 14.3. The van der Waals surface area contributed by atoms with E-state index in [9.17, 15) is 0 Å². The Labute approximate surface area is 393 Å². The van der Waals surface area contributed by atoms with Gasteiger partial charge in [0, 0.05) is 44.4 Å². The molecule has 2 nitrogen and oxygen atoms in total. The topological polar surface area (TPSA) is 9.86 Å². The van der Waals surface area contributed by atoms with Gasteiger partial charge in [0.2, 0.25) is 0 Å². The molecule has 0 radical (unpaired) electrons. The van der Waals surface area contributed by atoms with E-state index in [1.165, 1.54) is 120 Å². The van der Waals surface area contributed by atoms with Crippen LogP contribution in [0.3, 0.4) is 0 Å². The van der Waals surface area contributed by atoms with Gasteiger partial charge in [0.15, 0.2) is 0 Å². The van der Waals surface area contributed by atoms with Gasteiger partial charge >= 0.3 is 0 Å². The molecular formula is C66H42N2. The number of rotatable bonds is 6. The highest BCUT2D eigenvalue weighted by Gasteiger charge is 2.26. The summed E-state index contributed by atoms with van der Waals surface area (Å²) >= 11 is 0. The highest BCUT2D eigenvalue weighted by molar-refractivity contribution is 6.16. The number of benzene rings is 12. The summed E-state index contributed by atoms with van der Waals surface area (Å²) in [6.45, 7) is 0. The second kappa shape index (κ2) is 15.3. The van der Waals surface area contributed by atoms with Gasteiger partial charge in [-0.05, 0) is 101 Å².